The van der Waals surface area contributed by atoms with E-state index in [9.17, 15) is 0 Å². The molecule has 4 heteroatoms. The van der Waals surface area contributed by atoms with Crippen LogP contribution in [0, 0.1) is 5.92 Å². The van der Waals surface area contributed by atoms with Gasteiger partial charge in [-0.3, -0.25) is 4.68 Å². The van der Waals surface area contributed by atoms with Gasteiger partial charge in [-0.25, -0.2) is 0 Å². The van der Waals surface area contributed by atoms with Crippen molar-refractivity contribution >= 4 is 23.4 Å². The fraction of sp³-hybridized carbons (Fsp3) is 0.700. The first-order chi connectivity index (χ1) is 6.74. The molecule has 1 aromatic heterocycles. The Bertz CT molecular complexity index is 262. The number of nitrogens with zero attached hydrogens (tertiary/aromatic N) is 2. The van der Waals surface area contributed by atoms with Gasteiger partial charge in [0.15, 0.2) is 0 Å². The first kappa shape index (κ1) is 11.9. The van der Waals surface area contributed by atoms with E-state index >= 15 is 0 Å². The van der Waals surface area contributed by atoms with Gasteiger partial charge in [0.1, 0.15) is 0 Å². The molecule has 1 aromatic rings. The van der Waals surface area contributed by atoms with Gasteiger partial charge in [-0.2, -0.15) is 16.9 Å². The van der Waals surface area contributed by atoms with E-state index in [2.05, 4.69) is 18.1 Å². The summed E-state index contributed by atoms with van der Waals surface area (Å²) in [6.07, 6.45) is 2.94. The Labute approximate surface area is 95.0 Å². The maximum absolute atomic E-state index is 5.73. The minimum Gasteiger partial charge on any atom is -0.273 e. The normalized spacial score (nSPS) is 13.1. The third kappa shape index (κ3) is 3.93. The van der Waals surface area contributed by atoms with Crippen molar-refractivity contribution < 1.29 is 0 Å². The van der Waals surface area contributed by atoms with Crippen molar-refractivity contribution in [2.45, 2.75) is 13.3 Å². The highest BCUT2D eigenvalue weighted by atomic mass is 35.5. The molecule has 1 atom stereocenters. The van der Waals surface area contributed by atoms with Crippen molar-refractivity contribution in [3.8, 4) is 0 Å². The minimum atomic E-state index is 0.619. The summed E-state index contributed by atoms with van der Waals surface area (Å²) < 4.78 is 1.94. The fourth-order valence-electron chi connectivity index (χ4n) is 1.15. The standard InChI is InChI=1S/C10H17ClN2S/c1-9(7-11)8-14-6-4-10-3-5-12-13(10)2/h3,5,9H,4,6-8H2,1-2H3. The van der Waals surface area contributed by atoms with Crippen LogP contribution in [0.4, 0.5) is 0 Å². The molecule has 0 aromatic carbocycles. The van der Waals surface area contributed by atoms with Gasteiger partial charge >= 0.3 is 0 Å². The molecule has 0 aliphatic carbocycles. The predicted molar refractivity (Wildman–Crippen MR) is 64.1 cm³/mol. The molecule has 14 heavy (non-hydrogen) atoms. The smallest absolute Gasteiger partial charge is 0.0492 e. The zero-order valence-corrected chi connectivity index (χ0v) is 10.3. The van der Waals surface area contributed by atoms with Gasteiger partial charge < -0.3 is 0 Å². The molecule has 1 heterocycles. The third-order valence-corrected chi connectivity index (χ3v) is 3.92. The van der Waals surface area contributed by atoms with Gasteiger partial charge in [0, 0.05) is 24.8 Å². The second-order valence-electron chi connectivity index (χ2n) is 3.53. The maximum Gasteiger partial charge on any atom is 0.0492 e. The number of hydrogen-bond acceptors (Lipinski definition) is 2. The molecule has 0 radical (unpaired) electrons. The summed E-state index contributed by atoms with van der Waals surface area (Å²) >= 11 is 7.70. The average Bonchev–Trinajstić information content (AvgIpc) is 2.58. The van der Waals surface area contributed by atoms with E-state index < -0.39 is 0 Å². The molecule has 0 bridgehead atoms. The quantitative estimate of drug-likeness (QED) is 0.554. The third-order valence-electron chi connectivity index (χ3n) is 2.09. The maximum atomic E-state index is 5.73. The van der Waals surface area contributed by atoms with E-state index in [0.29, 0.717) is 5.92 Å². The number of rotatable bonds is 6. The van der Waals surface area contributed by atoms with E-state index in [-0.39, 0.29) is 0 Å². The molecule has 0 saturated carbocycles. The van der Waals surface area contributed by atoms with Crippen LogP contribution in [0.2, 0.25) is 0 Å². The van der Waals surface area contributed by atoms with Crippen molar-refractivity contribution in [2.24, 2.45) is 13.0 Å². The Balaban J connectivity index is 2.13. The SMILES string of the molecule is CC(CCl)CSCCc1ccnn1C. The van der Waals surface area contributed by atoms with Gasteiger partial charge in [0.25, 0.3) is 0 Å². The molecule has 0 aliphatic rings. The van der Waals surface area contributed by atoms with Gasteiger partial charge in [-0.1, -0.05) is 6.92 Å². The van der Waals surface area contributed by atoms with Gasteiger partial charge in [0.05, 0.1) is 0 Å². The summed E-state index contributed by atoms with van der Waals surface area (Å²) in [5, 5.41) is 4.13. The largest absolute Gasteiger partial charge is 0.273 e. The number of aryl methyl sites for hydroxylation is 2. The van der Waals surface area contributed by atoms with E-state index in [1.807, 2.05) is 29.7 Å². The predicted octanol–water partition coefficient (Wildman–Crippen LogP) is 2.57. The molecule has 0 aliphatic heterocycles. The van der Waals surface area contributed by atoms with Crippen molar-refractivity contribution in [3.05, 3.63) is 18.0 Å². The Morgan fingerprint density at radius 2 is 2.43 bits per heavy atom. The molecule has 2 nitrogen and oxygen atoms in total. The number of aromatic nitrogens is 2. The molecule has 1 unspecified atom stereocenters. The summed E-state index contributed by atoms with van der Waals surface area (Å²) in [6, 6.07) is 2.07. The first-order valence-electron chi connectivity index (χ1n) is 4.84. The van der Waals surface area contributed by atoms with Crippen LogP contribution in [0.1, 0.15) is 12.6 Å². The molecule has 0 fully saturated rings. The molecule has 80 valence electrons. The molecular weight excluding hydrogens is 216 g/mol. The van der Waals surface area contributed by atoms with Crippen molar-refractivity contribution in [1.82, 2.24) is 9.78 Å². The second kappa shape index (κ2) is 6.36. The van der Waals surface area contributed by atoms with Crippen molar-refractivity contribution in [2.75, 3.05) is 17.4 Å². The van der Waals surface area contributed by atoms with Gasteiger partial charge in [0.2, 0.25) is 0 Å². The lowest BCUT2D eigenvalue weighted by Gasteiger charge is -2.06. The van der Waals surface area contributed by atoms with Crippen molar-refractivity contribution in [1.29, 1.82) is 0 Å². The summed E-state index contributed by atoms with van der Waals surface area (Å²) in [6.45, 7) is 2.18. The highest BCUT2D eigenvalue weighted by Gasteiger charge is 2.01. The first-order valence-corrected chi connectivity index (χ1v) is 6.53. The molecule has 0 spiro atoms. The van der Waals surface area contributed by atoms with Crippen LogP contribution < -0.4 is 0 Å². The van der Waals surface area contributed by atoms with E-state index in [4.69, 9.17) is 11.6 Å². The molecule has 0 saturated heterocycles. The lowest BCUT2D eigenvalue weighted by Crippen LogP contribution is -2.03. The Morgan fingerprint density at radius 1 is 1.64 bits per heavy atom. The van der Waals surface area contributed by atoms with E-state index in [1.165, 1.54) is 5.69 Å². The molecule has 0 N–H and O–H groups in total. The van der Waals surface area contributed by atoms with Crippen LogP contribution >= 0.6 is 23.4 Å². The lowest BCUT2D eigenvalue weighted by molar-refractivity contribution is 0.718. The number of halogens is 1. The Hall–Kier alpha value is -0.150. The monoisotopic (exact) mass is 232 g/mol. The van der Waals surface area contributed by atoms with Crippen molar-refractivity contribution in [3.63, 3.8) is 0 Å². The van der Waals surface area contributed by atoms with E-state index in [1.54, 1.807) is 0 Å². The highest BCUT2D eigenvalue weighted by molar-refractivity contribution is 7.99. The summed E-state index contributed by atoms with van der Waals surface area (Å²) in [5.74, 6) is 3.69. The average molecular weight is 233 g/mol. The van der Waals surface area contributed by atoms with Crippen LogP contribution in [0.3, 0.4) is 0 Å². The zero-order valence-electron chi connectivity index (χ0n) is 8.74. The highest BCUT2D eigenvalue weighted by Crippen LogP contribution is 2.11. The molecular formula is C10H17ClN2S. The number of alkyl halides is 1. The molecule has 0 amide bonds. The van der Waals surface area contributed by atoms with Crippen LogP contribution in [0.5, 0.6) is 0 Å². The van der Waals surface area contributed by atoms with Crippen LogP contribution in [0.15, 0.2) is 12.3 Å². The van der Waals surface area contributed by atoms with Crippen LogP contribution in [-0.2, 0) is 13.5 Å². The fourth-order valence-corrected chi connectivity index (χ4v) is 2.43. The Kier molecular flexibility index (Phi) is 5.41. The summed E-state index contributed by atoms with van der Waals surface area (Å²) in [7, 11) is 1.99. The Morgan fingerprint density at radius 3 is 3.00 bits per heavy atom. The van der Waals surface area contributed by atoms with E-state index in [0.717, 1.165) is 23.8 Å². The summed E-state index contributed by atoms with van der Waals surface area (Å²) in [5.41, 5.74) is 1.30. The molecule has 1 rings (SSSR count). The van der Waals surface area contributed by atoms with Crippen LogP contribution in [-0.4, -0.2) is 27.2 Å². The summed E-state index contributed by atoms with van der Waals surface area (Å²) in [4.78, 5) is 0. The van der Waals surface area contributed by atoms with Gasteiger partial charge in [-0.15, -0.1) is 11.6 Å². The second-order valence-corrected chi connectivity index (χ2v) is 4.99. The number of thioether (sulfide) groups is 1. The van der Waals surface area contributed by atoms with Gasteiger partial charge in [-0.05, 0) is 29.9 Å². The number of hydrogen-bond donors (Lipinski definition) is 0. The van der Waals surface area contributed by atoms with Crippen LogP contribution in [0.25, 0.3) is 0 Å². The lowest BCUT2D eigenvalue weighted by atomic mass is 10.3. The zero-order chi connectivity index (χ0) is 10.4. The minimum absolute atomic E-state index is 0.619. The topological polar surface area (TPSA) is 17.8 Å².